The van der Waals surface area contributed by atoms with Crippen LogP contribution in [0.15, 0.2) is 0 Å². The Morgan fingerprint density at radius 3 is 2.89 bits per heavy atom. The van der Waals surface area contributed by atoms with Crippen molar-refractivity contribution in [2.45, 2.75) is 32.6 Å². The molecule has 0 radical (unpaired) electrons. The number of nitrogens with zero attached hydrogens (tertiary/aromatic N) is 1. The number of hydrogen-bond donors (Lipinski definition) is 2. The fraction of sp³-hybridized carbons (Fsp3) is 0.857. The molecule has 2 fully saturated rings. The molecule has 2 unspecified atom stereocenters. The molecule has 2 atom stereocenters. The van der Waals surface area contributed by atoms with Gasteiger partial charge in [-0.1, -0.05) is 0 Å². The second kappa shape index (κ2) is 5.90. The normalized spacial score (nSPS) is 31.3. The van der Waals surface area contributed by atoms with Crippen LogP contribution in [0, 0.1) is 11.3 Å². The Labute approximate surface area is 115 Å². The maximum atomic E-state index is 12.3. The first kappa shape index (κ1) is 14.3. The number of hydrogen-bond acceptors (Lipinski definition) is 3. The van der Waals surface area contributed by atoms with Gasteiger partial charge in [-0.3, -0.25) is 9.59 Å². The lowest BCUT2D eigenvalue weighted by Gasteiger charge is -2.26. The van der Waals surface area contributed by atoms with Crippen LogP contribution < -0.4 is 10.6 Å². The van der Waals surface area contributed by atoms with Crippen molar-refractivity contribution in [2.24, 2.45) is 11.3 Å². The zero-order chi connectivity index (χ0) is 13.9. The number of nitrogens with one attached hydrogen (secondary N) is 2. The summed E-state index contributed by atoms with van der Waals surface area (Å²) in [5.74, 6) is 0.719. The van der Waals surface area contributed by atoms with Gasteiger partial charge < -0.3 is 15.5 Å². The minimum atomic E-state index is -0.408. The summed E-state index contributed by atoms with van der Waals surface area (Å²) in [7, 11) is 1.66. The molecular weight excluding hydrogens is 242 g/mol. The predicted octanol–water partition coefficient (Wildman–Crippen LogP) is 0.361. The highest BCUT2D eigenvalue weighted by molar-refractivity contribution is 5.84. The van der Waals surface area contributed by atoms with Crippen molar-refractivity contribution in [3.8, 4) is 0 Å². The minimum Gasteiger partial charge on any atom is -0.359 e. The highest BCUT2D eigenvalue weighted by Gasteiger charge is 2.41. The second-order valence-electron chi connectivity index (χ2n) is 6.12. The van der Waals surface area contributed by atoms with Gasteiger partial charge in [0, 0.05) is 26.6 Å². The maximum absolute atomic E-state index is 12.3. The van der Waals surface area contributed by atoms with Gasteiger partial charge in [0.2, 0.25) is 11.8 Å². The number of amides is 2. The molecule has 2 amide bonds. The summed E-state index contributed by atoms with van der Waals surface area (Å²) in [6.07, 6.45) is 3.69. The smallest absolute Gasteiger partial charge is 0.227 e. The van der Waals surface area contributed by atoms with Crippen LogP contribution >= 0.6 is 0 Å². The van der Waals surface area contributed by atoms with Gasteiger partial charge in [-0.15, -0.1) is 0 Å². The lowest BCUT2D eigenvalue weighted by molar-refractivity contribution is -0.133. The van der Waals surface area contributed by atoms with E-state index < -0.39 is 5.41 Å². The van der Waals surface area contributed by atoms with Crippen LogP contribution in [0.2, 0.25) is 0 Å². The molecule has 0 aromatic carbocycles. The minimum absolute atomic E-state index is 0.0436. The van der Waals surface area contributed by atoms with Gasteiger partial charge in [-0.2, -0.15) is 0 Å². The van der Waals surface area contributed by atoms with Crippen LogP contribution in [0.25, 0.3) is 0 Å². The number of likely N-dealkylation sites (tertiary alicyclic amines) is 1. The Morgan fingerprint density at radius 2 is 2.26 bits per heavy atom. The van der Waals surface area contributed by atoms with Gasteiger partial charge in [0.1, 0.15) is 0 Å². The summed E-state index contributed by atoms with van der Waals surface area (Å²) < 4.78 is 0. The first-order valence-electron chi connectivity index (χ1n) is 7.26. The van der Waals surface area contributed by atoms with Crippen molar-refractivity contribution in [3.63, 3.8) is 0 Å². The zero-order valence-electron chi connectivity index (χ0n) is 12.0. The molecule has 108 valence electrons. The van der Waals surface area contributed by atoms with Crippen molar-refractivity contribution in [3.05, 3.63) is 0 Å². The average molecular weight is 267 g/mol. The van der Waals surface area contributed by atoms with Gasteiger partial charge in [-0.25, -0.2) is 0 Å². The van der Waals surface area contributed by atoms with Gasteiger partial charge >= 0.3 is 0 Å². The Balaban J connectivity index is 1.86. The summed E-state index contributed by atoms with van der Waals surface area (Å²) in [5, 5.41) is 6.04. The summed E-state index contributed by atoms with van der Waals surface area (Å²) in [5.41, 5.74) is -0.408. The molecule has 0 bridgehead atoms. The van der Waals surface area contributed by atoms with Gasteiger partial charge in [-0.05, 0) is 45.2 Å². The van der Waals surface area contributed by atoms with E-state index >= 15 is 0 Å². The molecule has 0 aromatic heterocycles. The molecule has 2 heterocycles. The molecule has 2 rings (SSSR count). The number of carbonyl (C=O) groups excluding carboxylic acids is 2. The summed E-state index contributed by atoms with van der Waals surface area (Å²) in [6, 6.07) is 0. The fourth-order valence-corrected chi connectivity index (χ4v) is 3.14. The molecule has 2 aliphatic heterocycles. The van der Waals surface area contributed by atoms with Crippen molar-refractivity contribution >= 4 is 11.8 Å². The number of carbonyl (C=O) groups is 2. The van der Waals surface area contributed by atoms with E-state index in [1.165, 1.54) is 0 Å². The van der Waals surface area contributed by atoms with E-state index in [9.17, 15) is 9.59 Å². The molecular formula is C14H25N3O2. The first-order valence-corrected chi connectivity index (χ1v) is 7.26. The number of piperidine rings is 1. The molecule has 0 aromatic rings. The molecule has 0 spiro atoms. The quantitative estimate of drug-likeness (QED) is 0.776. The first-order chi connectivity index (χ1) is 9.05. The molecule has 2 N–H and O–H groups in total. The van der Waals surface area contributed by atoms with Crippen molar-refractivity contribution in [1.82, 2.24) is 15.5 Å². The lowest BCUT2D eigenvalue weighted by Crippen LogP contribution is -2.41. The summed E-state index contributed by atoms with van der Waals surface area (Å²) >= 11 is 0. The topological polar surface area (TPSA) is 61.4 Å². The van der Waals surface area contributed by atoms with Crippen molar-refractivity contribution < 1.29 is 9.59 Å². The predicted molar refractivity (Wildman–Crippen MR) is 73.6 cm³/mol. The van der Waals surface area contributed by atoms with E-state index in [4.69, 9.17) is 0 Å². The third kappa shape index (κ3) is 3.26. The third-order valence-corrected chi connectivity index (χ3v) is 4.46. The van der Waals surface area contributed by atoms with Crippen LogP contribution in [0.5, 0.6) is 0 Å². The van der Waals surface area contributed by atoms with Gasteiger partial charge in [0.25, 0.3) is 0 Å². The Hall–Kier alpha value is -1.10. The zero-order valence-corrected chi connectivity index (χ0v) is 12.0. The molecule has 5 heteroatoms. The van der Waals surface area contributed by atoms with E-state index in [0.717, 1.165) is 32.4 Å². The SMILES string of the molecule is CNC(=O)C1(C)CCN(C(=O)CC2CCCNC2)C1. The van der Waals surface area contributed by atoms with Crippen molar-refractivity contribution in [1.29, 1.82) is 0 Å². The second-order valence-corrected chi connectivity index (χ2v) is 6.12. The number of rotatable bonds is 3. The maximum Gasteiger partial charge on any atom is 0.227 e. The Bertz CT molecular complexity index is 353. The molecule has 5 nitrogen and oxygen atoms in total. The van der Waals surface area contributed by atoms with Crippen LogP contribution in [-0.4, -0.2) is 49.9 Å². The summed E-state index contributed by atoms with van der Waals surface area (Å²) in [4.78, 5) is 26.0. The van der Waals surface area contributed by atoms with E-state index in [2.05, 4.69) is 10.6 Å². The fourth-order valence-electron chi connectivity index (χ4n) is 3.14. The van der Waals surface area contributed by atoms with E-state index in [1.807, 2.05) is 11.8 Å². The van der Waals surface area contributed by atoms with E-state index in [-0.39, 0.29) is 11.8 Å². The highest BCUT2D eigenvalue weighted by atomic mass is 16.2. The monoisotopic (exact) mass is 267 g/mol. The Morgan fingerprint density at radius 1 is 1.47 bits per heavy atom. The van der Waals surface area contributed by atoms with E-state index in [0.29, 0.717) is 25.4 Å². The Kier molecular flexibility index (Phi) is 4.45. The largest absolute Gasteiger partial charge is 0.359 e. The molecule has 0 aliphatic carbocycles. The average Bonchev–Trinajstić information content (AvgIpc) is 2.83. The van der Waals surface area contributed by atoms with Crippen LogP contribution in [0.3, 0.4) is 0 Å². The van der Waals surface area contributed by atoms with Crippen molar-refractivity contribution in [2.75, 3.05) is 33.2 Å². The third-order valence-electron chi connectivity index (χ3n) is 4.46. The molecule has 19 heavy (non-hydrogen) atoms. The highest BCUT2D eigenvalue weighted by Crippen LogP contribution is 2.31. The molecule has 2 aliphatic rings. The lowest BCUT2D eigenvalue weighted by atomic mass is 9.89. The standard InChI is InChI=1S/C14H25N3O2/c1-14(13(19)15-2)5-7-17(10-14)12(18)8-11-4-3-6-16-9-11/h11,16H,3-10H2,1-2H3,(H,15,19). The van der Waals surface area contributed by atoms with Gasteiger partial charge in [0.15, 0.2) is 0 Å². The van der Waals surface area contributed by atoms with Gasteiger partial charge in [0.05, 0.1) is 5.41 Å². The van der Waals surface area contributed by atoms with Crippen LogP contribution in [-0.2, 0) is 9.59 Å². The molecule has 0 saturated carbocycles. The molecule has 2 saturated heterocycles. The van der Waals surface area contributed by atoms with Crippen LogP contribution in [0.1, 0.15) is 32.6 Å². The summed E-state index contributed by atoms with van der Waals surface area (Å²) in [6.45, 7) is 5.24. The van der Waals surface area contributed by atoms with E-state index in [1.54, 1.807) is 7.05 Å². The van der Waals surface area contributed by atoms with Crippen LogP contribution in [0.4, 0.5) is 0 Å².